The monoisotopic (exact) mass is 294 g/mol. The molecule has 0 atom stereocenters. The summed E-state index contributed by atoms with van der Waals surface area (Å²) in [7, 11) is 0. The predicted octanol–water partition coefficient (Wildman–Crippen LogP) is 1.76. The lowest BCUT2D eigenvalue weighted by atomic mass is 9.84. The minimum absolute atomic E-state index is 0.240. The van der Waals surface area contributed by atoms with Crippen LogP contribution in [0, 0.1) is 5.92 Å². The third-order valence-corrected chi connectivity index (χ3v) is 5.61. The van der Waals surface area contributed by atoms with Crippen LogP contribution < -0.4 is 5.32 Å². The fourth-order valence-electron chi connectivity index (χ4n) is 3.95. The number of hydrogen-bond donors (Lipinski definition) is 2. The molecule has 1 heterocycles. The standard InChI is InChI=1S/C16H26N2O3/c19-14(12-4-3-5-12)18-10-6-13(7-11-18)17-16(15(20)21)8-1-2-9-16/h12-13,17H,1-11H2,(H,20,21). The van der Waals surface area contributed by atoms with Crippen molar-refractivity contribution in [3.05, 3.63) is 0 Å². The average molecular weight is 294 g/mol. The van der Waals surface area contributed by atoms with Crippen LogP contribution in [0.25, 0.3) is 0 Å². The first kappa shape index (κ1) is 14.8. The molecule has 1 amide bonds. The fourth-order valence-corrected chi connectivity index (χ4v) is 3.95. The highest BCUT2D eigenvalue weighted by atomic mass is 16.4. The first-order valence-electron chi connectivity index (χ1n) is 8.41. The Morgan fingerprint density at radius 3 is 2.10 bits per heavy atom. The highest BCUT2D eigenvalue weighted by molar-refractivity contribution is 5.80. The molecule has 0 spiro atoms. The number of likely N-dealkylation sites (tertiary alicyclic amines) is 1. The molecule has 0 aromatic heterocycles. The van der Waals surface area contributed by atoms with Gasteiger partial charge in [0.25, 0.3) is 0 Å². The molecule has 21 heavy (non-hydrogen) atoms. The van der Waals surface area contributed by atoms with E-state index in [-0.39, 0.29) is 12.0 Å². The number of nitrogens with one attached hydrogen (secondary N) is 1. The van der Waals surface area contributed by atoms with E-state index < -0.39 is 11.5 Å². The summed E-state index contributed by atoms with van der Waals surface area (Å²) in [6.45, 7) is 1.56. The third kappa shape index (κ3) is 2.93. The van der Waals surface area contributed by atoms with Crippen LogP contribution in [0.3, 0.4) is 0 Å². The van der Waals surface area contributed by atoms with E-state index in [1.807, 2.05) is 4.90 Å². The van der Waals surface area contributed by atoms with E-state index in [0.717, 1.165) is 64.5 Å². The molecular formula is C16H26N2O3. The van der Waals surface area contributed by atoms with E-state index >= 15 is 0 Å². The Kier molecular flexibility index (Phi) is 4.20. The summed E-state index contributed by atoms with van der Waals surface area (Å²) in [6, 6.07) is 0.240. The van der Waals surface area contributed by atoms with Crippen LogP contribution in [0.5, 0.6) is 0 Å². The molecule has 5 heteroatoms. The van der Waals surface area contributed by atoms with Gasteiger partial charge < -0.3 is 10.0 Å². The second-order valence-electron chi connectivity index (χ2n) is 6.97. The number of aliphatic carboxylic acids is 1. The number of nitrogens with zero attached hydrogens (tertiary/aromatic N) is 1. The predicted molar refractivity (Wildman–Crippen MR) is 78.9 cm³/mol. The van der Waals surface area contributed by atoms with Crippen molar-refractivity contribution in [2.24, 2.45) is 5.92 Å². The quantitative estimate of drug-likeness (QED) is 0.829. The zero-order valence-corrected chi connectivity index (χ0v) is 12.6. The van der Waals surface area contributed by atoms with Gasteiger partial charge >= 0.3 is 5.97 Å². The van der Waals surface area contributed by atoms with Crippen LogP contribution in [0.4, 0.5) is 0 Å². The number of carbonyl (C=O) groups is 2. The van der Waals surface area contributed by atoms with Gasteiger partial charge in [-0.2, -0.15) is 0 Å². The van der Waals surface area contributed by atoms with Crippen molar-refractivity contribution in [1.29, 1.82) is 0 Å². The number of carbonyl (C=O) groups excluding carboxylic acids is 1. The van der Waals surface area contributed by atoms with Gasteiger partial charge in [0.15, 0.2) is 0 Å². The lowest BCUT2D eigenvalue weighted by Crippen LogP contribution is -2.57. The largest absolute Gasteiger partial charge is 0.480 e. The van der Waals surface area contributed by atoms with Crippen LogP contribution in [-0.4, -0.2) is 46.6 Å². The maximum Gasteiger partial charge on any atom is 0.323 e. The number of rotatable bonds is 4. The minimum atomic E-state index is -0.704. The smallest absolute Gasteiger partial charge is 0.323 e. The summed E-state index contributed by atoms with van der Waals surface area (Å²) in [6.07, 6.45) is 8.54. The van der Waals surface area contributed by atoms with Crippen LogP contribution in [0.15, 0.2) is 0 Å². The summed E-state index contributed by atoms with van der Waals surface area (Å²) in [5, 5.41) is 12.9. The van der Waals surface area contributed by atoms with Crippen molar-refractivity contribution >= 4 is 11.9 Å². The average Bonchev–Trinajstić information content (AvgIpc) is 2.87. The van der Waals surface area contributed by atoms with Gasteiger partial charge in [-0.3, -0.25) is 14.9 Å². The van der Waals surface area contributed by atoms with E-state index in [9.17, 15) is 14.7 Å². The van der Waals surface area contributed by atoms with Crippen molar-refractivity contribution in [2.45, 2.75) is 69.4 Å². The molecule has 2 N–H and O–H groups in total. The second kappa shape index (κ2) is 5.95. The van der Waals surface area contributed by atoms with Crippen molar-refractivity contribution in [2.75, 3.05) is 13.1 Å². The molecule has 118 valence electrons. The third-order valence-electron chi connectivity index (χ3n) is 5.61. The Morgan fingerprint density at radius 2 is 1.62 bits per heavy atom. The molecule has 3 aliphatic rings. The molecular weight excluding hydrogens is 268 g/mol. The van der Waals surface area contributed by atoms with Gasteiger partial charge in [-0.1, -0.05) is 19.3 Å². The van der Waals surface area contributed by atoms with Gasteiger partial charge in [-0.05, 0) is 38.5 Å². The molecule has 0 radical (unpaired) electrons. The zero-order chi connectivity index (χ0) is 14.9. The molecule has 0 bridgehead atoms. The van der Waals surface area contributed by atoms with Crippen molar-refractivity contribution < 1.29 is 14.7 Å². The van der Waals surface area contributed by atoms with Gasteiger partial charge in [0.1, 0.15) is 5.54 Å². The SMILES string of the molecule is O=C(C1CCC1)N1CCC(NC2(C(=O)O)CCCC2)CC1. The Balaban J connectivity index is 1.51. The first-order valence-corrected chi connectivity index (χ1v) is 8.41. The van der Waals surface area contributed by atoms with Gasteiger partial charge in [0.05, 0.1) is 0 Å². The molecule has 0 unspecified atom stereocenters. The van der Waals surface area contributed by atoms with Gasteiger partial charge in [0, 0.05) is 25.0 Å². The van der Waals surface area contributed by atoms with E-state index in [1.54, 1.807) is 0 Å². The highest BCUT2D eigenvalue weighted by Gasteiger charge is 2.43. The van der Waals surface area contributed by atoms with Gasteiger partial charge in [-0.25, -0.2) is 0 Å². The number of carboxylic acid groups (broad SMARTS) is 1. The summed E-state index contributed by atoms with van der Waals surface area (Å²) in [4.78, 5) is 25.8. The van der Waals surface area contributed by atoms with Crippen LogP contribution >= 0.6 is 0 Å². The molecule has 5 nitrogen and oxygen atoms in total. The lowest BCUT2D eigenvalue weighted by molar-refractivity contribution is -0.146. The number of amides is 1. The molecule has 1 aliphatic heterocycles. The second-order valence-corrected chi connectivity index (χ2v) is 6.97. The van der Waals surface area contributed by atoms with E-state index in [2.05, 4.69) is 5.32 Å². The summed E-state index contributed by atoms with van der Waals surface area (Å²) in [5.41, 5.74) is -0.704. The number of carboxylic acids is 1. The Labute approximate surface area is 126 Å². The molecule has 0 aromatic rings. The summed E-state index contributed by atoms with van der Waals surface area (Å²) in [5.74, 6) is -0.101. The van der Waals surface area contributed by atoms with Crippen LogP contribution in [-0.2, 0) is 9.59 Å². The van der Waals surface area contributed by atoms with Gasteiger partial charge in [0.2, 0.25) is 5.91 Å². The molecule has 3 rings (SSSR count). The topological polar surface area (TPSA) is 69.6 Å². The molecule has 3 fully saturated rings. The minimum Gasteiger partial charge on any atom is -0.480 e. The maximum atomic E-state index is 12.2. The Hall–Kier alpha value is -1.10. The normalized spacial score (nSPS) is 26.6. The molecule has 2 saturated carbocycles. The number of piperidine rings is 1. The molecule has 1 saturated heterocycles. The summed E-state index contributed by atoms with van der Waals surface area (Å²) >= 11 is 0. The van der Waals surface area contributed by atoms with Crippen molar-refractivity contribution in [1.82, 2.24) is 10.2 Å². The Morgan fingerprint density at radius 1 is 1.00 bits per heavy atom. The lowest BCUT2D eigenvalue weighted by Gasteiger charge is -2.39. The highest BCUT2D eigenvalue weighted by Crippen LogP contribution is 2.32. The van der Waals surface area contributed by atoms with Gasteiger partial charge in [-0.15, -0.1) is 0 Å². The molecule has 0 aromatic carbocycles. The molecule has 2 aliphatic carbocycles. The van der Waals surface area contributed by atoms with Crippen molar-refractivity contribution in [3.63, 3.8) is 0 Å². The zero-order valence-electron chi connectivity index (χ0n) is 12.6. The van der Waals surface area contributed by atoms with E-state index in [1.165, 1.54) is 6.42 Å². The van der Waals surface area contributed by atoms with E-state index in [0.29, 0.717) is 5.91 Å². The van der Waals surface area contributed by atoms with E-state index in [4.69, 9.17) is 0 Å². The maximum absolute atomic E-state index is 12.2. The number of hydrogen-bond acceptors (Lipinski definition) is 3. The van der Waals surface area contributed by atoms with Crippen LogP contribution in [0.2, 0.25) is 0 Å². The van der Waals surface area contributed by atoms with Crippen molar-refractivity contribution in [3.8, 4) is 0 Å². The fraction of sp³-hybridized carbons (Fsp3) is 0.875. The Bertz CT molecular complexity index is 406. The van der Waals surface area contributed by atoms with Crippen LogP contribution in [0.1, 0.15) is 57.8 Å². The summed E-state index contributed by atoms with van der Waals surface area (Å²) < 4.78 is 0. The first-order chi connectivity index (χ1) is 10.1.